The number of benzene rings is 1. The van der Waals surface area contributed by atoms with Gasteiger partial charge >= 0.3 is 0 Å². The number of imidazole rings is 1. The molecule has 2 unspecified atom stereocenters. The maximum atomic E-state index is 6.16. The van der Waals surface area contributed by atoms with Crippen molar-refractivity contribution in [2.24, 2.45) is 5.41 Å². The fourth-order valence-electron chi connectivity index (χ4n) is 3.47. The van der Waals surface area contributed by atoms with Gasteiger partial charge in [0.2, 0.25) is 0 Å². The molecule has 0 spiro atoms. The minimum atomic E-state index is -0.0722. The quantitative estimate of drug-likeness (QED) is 0.822. The monoisotopic (exact) mass is 294 g/mol. The van der Waals surface area contributed by atoms with E-state index in [-0.39, 0.29) is 23.0 Å². The summed E-state index contributed by atoms with van der Waals surface area (Å²) in [5.41, 5.74) is 2.61. The van der Waals surface area contributed by atoms with Crippen LogP contribution in [0.15, 0.2) is 42.7 Å². The first-order valence-corrected chi connectivity index (χ1v) is 7.89. The van der Waals surface area contributed by atoms with Crippen LogP contribution in [0.25, 0.3) is 6.20 Å². The molecule has 1 saturated heterocycles. The van der Waals surface area contributed by atoms with Gasteiger partial charge in [0, 0.05) is 24.0 Å². The zero-order chi connectivity index (χ0) is 15.5. The number of rotatable bonds is 2. The van der Waals surface area contributed by atoms with E-state index in [1.807, 2.05) is 12.4 Å². The molecule has 22 heavy (non-hydrogen) atoms. The predicted molar refractivity (Wildman–Crippen MR) is 87.5 cm³/mol. The van der Waals surface area contributed by atoms with Gasteiger partial charge in [-0.05, 0) is 25.0 Å². The van der Waals surface area contributed by atoms with Crippen LogP contribution in [0.1, 0.15) is 56.7 Å². The Morgan fingerprint density at radius 2 is 1.91 bits per heavy atom. The fourth-order valence-corrected chi connectivity index (χ4v) is 3.47. The normalized spacial score (nSPS) is 27.5. The summed E-state index contributed by atoms with van der Waals surface area (Å²) < 4.78 is 8.25. The van der Waals surface area contributed by atoms with Gasteiger partial charge in [-0.2, -0.15) is 0 Å². The third-order valence-electron chi connectivity index (χ3n) is 5.61. The van der Waals surface area contributed by atoms with Crippen molar-refractivity contribution in [2.75, 3.05) is 0 Å². The Bertz CT molecular complexity index is 754. The minimum Gasteiger partial charge on any atom is -0.366 e. The molecule has 0 radical (unpaired) electrons. The molecule has 114 valence electrons. The molecular weight excluding hydrogens is 272 g/mol. The highest BCUT2D eigenvalue weighted by atomic mass is 16.5. The molecular formula is C19H22N2O. The van der Waals surface area contributed by atoms with Crippen molar-refractivity contribution in [2.45, 2.75) is 45.3 Å². The number of allylic oxidation sites excluding steroid dienone is 1. The summed E-state index contributed by atoms with van der Waals surface area (Å²) >= 11 is 0. The molecule has 3 nitrogen and oxygen atoms in total. The van der Waals surface area contributed by atoms with Crippen LogP contribution < -0.4 is 0 Å². The zero-order valence-electron chi connectivity index (χ0n) is 13.6. The Hall–Kier alpha value is -1.87. The number of hydrogen-bond acceptors (Lipinski definition) is 2. The van der Waals surface area contributed by atoms with Gasteiger partial charge in [-0.25, -0.2) is 4.98 Å². The summed E-state index contributed by atoms with van der Waals surface area (Å²) in [6.07, 6.45) is 8.31. The first-order valence-electron chi connectivity index (χ1n) is 7.89. The Morgan fingerprint density at radius 1 is 1.14 bits per heavy atom. The molecule has 2 aromatic rings. The molecule has 3 heterocycles. The SMILES string of the molecule is CC1(C)OC(c2cccc(C3C=Cn4ccnc43)c2)C1(C)C. The van der Waals surface area contributed by atoms with Crippen LogP contribution in [-0.2, 0) is 4.74 Å². The minimum absolute atomic E-state index is 0.0722. The first-order chi connectivity index (χ1) is 10.4. The molecule has 2 aliphatic heterocycles. The van der Waals surface area contributed by atoms with E-state index in [2.05, 4.69) is 73.8 Å². The first kappa shape index (κ1) is 13.8. The van der Waals surface area contributed by atoms with Gasteiger partial charge in [0.15, 0.2) is 0 Å². The van der Waals surface area contributed by atoms with Crippen LogP contribution in [0.3, 0.4) is 0 Å². The van der Waals surface area contributed by atoms with E-state index in [4.69, 9.17) is 4.74 Å². The average Bonchev–Trinajstić information content (AvgIpc) is 3.07. The molecule has 0 saturated carbocycles. The van der Waals surface area contributed by atoms with Gasteiger partial charge < -0.3 is 9.30 Å². The summed E-state index contributed by atoms with van der Waals surface area (Å²) in [7, 11) is 0. The molecule has 4 rings (SSSR count). The lowest BCUT2D eigenvalue weighted by Gasteiger charge is -2.58. The van der Waals surface area contributed by atoms with Gasteiger partial charge in [0.1, 0.15) is 5.82 Å². The van der Waals surface area contributed by atoms with Crippen molar-refractivity contribution in [1.82, 2.24) is 9.55 Å². The fraction of sp³-hybridized carbons (Fsp3) is 0.421. The van der Waals surface area contributed by atoms with Gasteiger partial charge in [-0.1, -0.05) is 44.2 Å². The molecule has 1 aromatic heterocycles. The number of nitrogens with zero attached hydrogens (tertiary/aromatic N) is 2. The number of fused-ring (bicyclic) bond motifs is 1. The second kappa shape index (κ2) is 4.32. The second-order valence-corrected chi connectivity index (χ2v) is 7.41. The molecule has 3 heteroatoms. The largest absolute Gasteiger partial charge is 0.366 e. The van der Waals surface area contributed by atoms with Crippen molar-refractivity contribution in [1.29, 1.82) is 0 Å². The summed E-state index contributed by atoms with van der Waals surface area (Å²) in [6.45, 7) is 8.92. The third kappa shape index (κ3) is 1.75. The van der Waals surface area contributed by atoms with E-state index in [0.717, 1.165) is 5.82 Å². The van der Waals surface area contributed by atoms with Crippen LogP contribution in [0.5, 0.6) is 0 Å². The molecule has 0 amide bonds. The Balaban J connectivity index is 1.68. The summed E-state index contributed by atoms with van der Waals surface area (Å²) in [5.74, 6) is 1.33. The Kier molecular flexibility index (Phi) is 2.71. The zero-order valence-corrected chi connectivity index (χ0v) is 13.6. The van der Waals surface area contributed by atoms with E-state index in [1.165, 1.54) is 11.1 Å². The molecule has 2 atom stereocenters. The number of aromatic nitrogens is 2. The Morgan fingerprint density at radius 3 is 2.64 bits per heavy atom. The third-order valence-corrected chi connectivity index (χ3v) is 5.61. The van der Waals surface area contributed by atoms with Crippen molar-refractivity contribution >= 4 is 6.20 Å². The van der Waals surface area contributed by atoms with E-state index < -0.39 is 0 Å². The van der Waals surface area contributed by atoms with E-state index in [9.17, 15) is 0 Å². The van der Waals surface area contributed by atoms with Gasteiger partial charge in [-0.15, -0.1) is 0 Å². The maximum absolute atomic E-state index is 6.16. The summed E-state index contributed by atoms with van der Waals surface area (Å²) in [5, 5.41) is 0. The van der Waals surface area contributed by atoms with Crippen molar-refractivity contribution in [3.8, 4) is 0 Å². The molecule has 2 aliphatic rings. The van der Waals surface area contributed by atoms with Crippen LogP contribution in [0.2, 0.25) is 0 Å². The standard InChI is InChI=1S/C19H22N2O/c1-18(2)16(22-19(18,3)4)14-7-5-6-13(12-14)15-8-10-21-11-9-20-17(15)21/h5-12,15-16H,1-4H3. The van der Waals surface area contributed by atoms with Crippen molar-refractivity contribution in [3.63, 3.8) is 0 Å². The molecule has 0 N–H and O–H groups in total. The smallest absolute Gasteiger partial charge is 0.124 e. The van der Waals surface area contributed by atoms with Crippen LogP contribution >= 0.6 is 0 Å². The van der Waals surface area contributed by atoms with Crippen molar-refractivity contribution in [3.05, 3.63) is 59.7 Å². The highest BCUT2D eigenvalue weighted by Crippen LogP contribution is 2.57. The lowest BCUT2D eigenvalue weighted by molar-refractivity contribution is -0.295. The van der Waals surface area contributed by atoms with Gasteiger partial charge in [0.25, 0.3) is 0 Å². The predicted octanol–water partition coefficient (Wildman–Crippen LogP) is 4.38. The average molecular weight is 294 g/mol. The van der Waals surface area contributed by atoms with Crippen LogP contribution in [0, 0.1) is 5.41 Å². The van der Waals surface area contributed by atoms with Gasteiger partial charge in [-0.3, -0.25) is 0 Å². The van der Waals surface area contributed by atoms with E-state index in [0.29, 0.717) is 0 Å². The lowest BCUT2D eigenvalue weighted by Crippen LogP contribution is -2.57. The number of hydrogen-bond donors (Lipinski definition) is 0. The molecule has 1 aromatic carbocycles. The van der Waals surface area contributed by atoms with Crippen LogP contribution in [-0.4, -0.2) is 15.2 Å². The maximum Gasteiger partial charge on any atom is 0.124 e. The summed E-state index contributed by atoms with van der Waals surface area (Å²) in [4.78, 5) is 4.48. The summed E-state index contributed by atoms with van der Waals surface area (Å²) in [6, 6.07) is 8.77. The molecule has 0 bridgehead atoms. The topological polar surface area (TPSA) is 27.1 Å². The van der Waals surface area contributed by atoms with Crippen molar-refractivity contribution < 1.29 is 4.74 Å². The lowest BCUT2D eigenvalue weighted by atomic mass is 9.65. The molecule has 0 aliphatic carbocycles. The number of ether oxygens (including phenoxy) is 1. The molecule has 1 fully saturated rings. The van der Waals surface area contributed by atoms with E-state index in [1.54, 1.807) is 0 Å². The highest BCUT2D eigenvalue weighted by Gasteiger charge is 2.56. The van der Waals surface area contributed by atoms with Gasteiger partial charge in [0.05, 0.1) is 17.6 Å². The Labute approximate surface area is 131 Å². The van der Waals surface area contributed by atoms with E-state index >= 15 is 0 Å². The highest BCUT2D eigenvalue weighted by molar-refractivity contribution is 5.46. The van der Waals surface area contributed by atoms with Crippen LogP contribution in [0.4, 0.5) is 0 Å². The second-order valence-electron chi connectivity index (χ2n) is 7.41.